The van der Waals surface area contributed by atoms with Crippen LogP contribution in [0.2, 0.25) is 5.02 Å². The Morgan fingerprint density at radius 3 is 2.77 bits per heavy atom. The Hall–Kier alpha value is -3.26. The number of aromatic nitrogens is 1. The van der Waals surface area contributed by atoms with Crippen LogP contribution in [0.15, 0.2) is 54.8 Å². The van der Waals surface area contributed by atoms with Crippen molar-refractivity contribution >= 4 is 23.5 Å². The van der Waals surface area contributed by atoms with E-state index in [2.05, 4.69) is 10.3 Å². The zero-order valence-corrected chi connectivity index (χ0v) is 16.5. The molecule has 30 heavy (non-hydrogen) atoms. The summed E-state index contributed by atoms with van der Waals surface area (Å²) in [5, 5.41) is 12.4. The molecule has 0 saturated carbocycles. The number of nitrogens with zero attached hydrogens (tertiary/aromatic N) is 1. The first-order chi connectivity index (χ1) is 14.2. The fourth-order valence-electron chi connectivity index (χ4n) is 3.04. The molecule has 2 N–H and O–H groups in total. The Bertz CT molecular complexity index is 1060. The predicted molar refractivity (Wildman–Crippen MR) is 106 cm³/mol. The van der Waals surface area contributed by atoms with Gasteiger partial charge in [-0.1, -0.05) is 42.0 Å². The maximum absolute atomic E-state index is 14.0. The molecule has 0 radical (unpaired) electrons. The Morgan fingerprint density at radius 2 is 2.10 bits per heavy atom. The normalized spacial score (nSPS) is 18.7. The first-order valence-electron chi connectivity index (χ1n) is 8.90. The van der Waals surface area contributed by atoms with Gasteiger partial charge in [-0.2, -0.15) is 4.39 Å². The standard InChI is InChI=1S/C21H17ClF2N2O4/c1-12(21(20(28)29)8-3-2-4-9-21)26-18(27)14-10-13(22)11-25-19(14)30-16-7-5-6-15(23)17(16)24/h2-8,10-12H,9H2,1H3,(H,26,27)(H,28,29). The molecular weight excluding hydrogens is 418 g/mol. The summed E-state index contributed by atoms with van der Waals surface area (Å²) in [4.78, 5) is 28.7. The molecule has 0 bridgehead atoms. The van der Waals surface area contributed by atoms with Crippen molar-refractivity contribution in [1.29, 1.82) is 0 Å². The second kappa shape index (κ2) is 8.62. The number of nitrogens with one attached hydrogen (secondary N) is 1. The lowest BCUT2D eigenvalue weighted by atomic mass is 9.75. The number of halogens is 3. The molecule has 1 aromatic heterocycles. The van der Waals surface area contributed by atoms with Gasteiger partial charge in [0.15, 0.2) is 11.6 Å². The number of hydrogen-bond acceptors (Lipinski definition) is 4. The molecule has 0 fully saturated rings. The van der Waals surface area contributed by atoms with Crippen molar-refractivity contribution in [3.05, 3.63) is 77.0 Å². The second-order valence-electron chi connectivity index (χ2n) is 6.69. The summed E-state index contributed by atoms with van der Waals surface area (Å²) in [5.41, 5.74) is -1.50. The number of hydrogen-bond donors (Lipinski definition) is 2. The van der Waals surface area contributed by atoms with Gasteiger partial charge >= 0.3 is 5.97 Å². The zero-order chi connectivity index (χ0) is 21.9. The maximum Gasteiger partial charge on any atom is 0.315 e. The van der Waals surface area contributed by atoms with Crippen molar-refractivity contribution in [1.82, 2.24) is 10.3 Å². The number of rotatable bonds is 6. The van der Waals surface area contributed by atoms with Gasteiger partial charge in [0, 0.05) is 12.2 Å². The number of amides is 1. The summed E-state index contributed by atoms with van der Waals surface area (Å²) in [6, 6.07) is 3.77. The van der Waals surface area contributed by atoms with E-state index in [0.29, 0.717) is 0 Å². The van der Waals surface area contributed by atoms with Crippen molar-refractivity contribution in [2.24, 2.45) is 5.41 Å². The van der Waals surface area contributed by atoms with Crippen molar-refractivity contribution in [2.75, 3.05) is 0 Å². The molecule has 2 atom stereocenters. The molecule has 2 aromatic rings. The second-order valence-corrected chi connectivity index (χ2v) is 7.13. The minimum absolute atomic E-state index is 0.105. The topological polar surface area (TPSA) is 88.5 Å². The van der Waals surface area contributed by atoms with Gasteiger partial charge in [0.2, 0.25) is 11.7 Å². The van der Waals surface area contributed by atoms with Gasteiger partial charge in [-0.05, 0) is 31.5 Å². The minimum Gasteiger partial charge on any atom is -0.481 e. The van der Waals surface area contributed by atoms with Gasteiger partial charge in [0.25, 0.3) is 5.91 Å². The van der Waals surface area contributed by atoms with Gasteiger partial charge < -0.3 is 15.2 Å². The highest BCUT2D eigenvalue weighted by atomic mass is 35.5. The number of allylic oxidation sites excluding steroid dienone is 3. The van der Waals surface area contributed by atoms with Crippen LogP contribution in [0.4, 0.5) is 8.78 Å². The van der Waals surface area contributed by atoms with E-state index in [0.717, 1.165) is 6.07 Å². The Kier molecular flexibility index (Phi) is 6.17. The van der Waals surface area contributed by atoms with Crippen molar-refractivity contribution < 1.29 is 28.2 Å². The first-order valence-corrected chi connectivity index (χ1v) is 9.28. The van der Waals surface area contributed by atoms with Crippen LogP contribution in [-0.4, -0.2) is 28.0 Å². The summed E-state index contributed by atoms with van der Waals surface area (Å²) in [7, 11) is 0. The average molecular weight is 435 g/mol. The largest absolute Gasteiger partial charge is 0.481 e. The van der Waals surface area contributed by atoms with E-state index in [9.17, 15) is 23.5 Å². The predicted octanol–water partition coefficient (Wildman–Crippen LogP) is 4.51. The molecule has 1 aliphatic rings. The zero-order valence-electron chi connectivity index (χ0n) is 15.7. The lowest BCUT2D eigenvalue weighted by Gasteiger charge is -2.33. The smallest absolute Gasteiger partial charge is 0.315 e. The molecule has 1 aromatic carbocycles. The van der Waals surface area contributed by atoms with Crippen LogP contribution >= 0.6 is 11.6 Å². The molecule has 2 unspecified atom stereocenters. The molecule has 1 aliphatic carbocycles. The molecule has 0 saturated heterocycles. The van der Waals surface area contributed by atoms with E-state index in [1.165, 1.54) is 30.5 Å². The minimum atomic E-state index is -1.34. The first kappa shape index (κ1) is 21.4. The van der Waals surface area contributed by atoms with E-state index >= 15 is 0 Å². The number of carbonyl (C=O) groups is 2. The molecule has 9 heteroatoms. The molecule has 0 spiro atoms. The Labute approximate surface area is 175 Å². The highest BCUT2D eigenvalue weighted by Gasteiger charge is 2.42. The monoisotopic (exact) mass is 434 g/mol. The van der Waals surface area contributed by atoms with Gasteiger partial charge in [-0.3, -0.25) is 9.59 Å². The number of carboxylic acid groups (broad SMARTS) is 1. The highest BCUT2D eigenvalue weighted by Crippen LogP contribution is 2.33. The summed E-state index contributed by atoms with van der Waals surface area (Å²) in [5.74, 6) is -4.96. The van der Waals surface area contributed by atoms with Crippen LogP contribution in [0.25, 0.3) is 0 Å². The van der Waals surface area contributed by atoms with Crippen LogP contribution in [0.1, 0.15) is 23.7 Å². The van der Waals surface area contributed by atoms with E-state index in [1.807, 2.05) is 0 Å². The molecule has 3 rings (SSSR count). The number of benzene rings is 1. The van der Waals surface area contributed by atoms with Crippen LogP contribution < -0.4 is 10.1 Å². The van der Waals surface area contributed by atoms with Crippen molar-refractivity contribution in [2.45, 2.75) is 19.4 Å². The lowest BCUT2D eigenvalue weighted by Crippen LogP contribution is -2.49. The van der Waals surface area contributed by atoms with Crippen molar-refractivity contribution in [3.8, 4) is 11.6 Å². The third kappa shape index (κ3) is 4.18. The quantitative estimate of drug-likeness (QED) is 0.698. The van der Waals surface area contributed by atoms with Crippen LogP contribution in [0, 0.1) is 17.0 Å². The van der Waals surface area contributed by atoms with Crippen LogP contribution in [0.5, 0.6) is 11.6 Å². The molecule has 6 nitrogen and oxygen atoms in total. The summed E-state index contributed by atoms with van der Waals surface area (Å²) >= 11 is 5.94. The fourth-order valence-corrected chi connectivity index (χ4v) is 3.20. The Balaban J connectivity index is 1.89. The van der Waals surface area contributed by atoms with E-state index in [-0.39, 0.29) is 22.9 Å². The summed E-state index contributed by atoms with van der Waals surface area (Å²) < 4.78 is 32.7. The average Bonchev–Trinajstić information content (AvgIpc) is 2.72. The molecule has 156 valence electrons. The number of ether oxygens (including phenoxy) is 1. The summed E-state index contributed by atoms with van der Waals surface area (Å²) in [6.07, 6.45) is 7.89. The van der Waals surface area contributed by atoms with Gasteiger partial charge in [0.05, 0.1) is 5.02 Å². The lowest BCUT2D eigenvalue weighted by molar-refractivity contribution is -0.147. The van der Waals surface area contributed by atoms with E-state index < -0.39 is 40.7 Å². The number of carboxylic acids is 1. The third-order valence-corrected chi connectivity index (χ3v) is 5.01. The number of carbonyl (C=O) groups excluding carboxylic acids is 1. The molecular formula is C21H17ClF2N2O4. The molecule has 1 amide bonds. The highest BCUT2D eigenvalue weighted by molar-refractivity contribution is 6.30. The Morgan fingerprint density at radius 1 is 1.33 bits per heavy atom. The van der Waals surface area contributed by atoms with Crippen LogP contribution in [-0.2, 0) is 4.79 Å². The number of pyridine rings is 1. The fraction of sp³-hybridized carbons (Fsp3) is 0.190. The SMILES string of the molecule is CC(NC(=O)c1cc(Cl)cnc1Oc1cccc(F)c1F)C1(C(=O)O)C=CC=CC1. The summed E-state index contributed by atoms with van der Waals surface area (Å²) in [6.45, 7) is 1.56. The molecule has 0 aliphatic heterocycles. The van der Waals surface area contributed by atoms with Gasteiger partial charge in [0.1, 0.15) is 11.0 Å². The van der Waals surface area contributed by atoms with Crippen molar-refractivity contribution in [3.63, 3.8) is 0 Å². The van der Waals surface area contributed by atoms with E-state index in [1.54, 1.807) is 25.2 Å². The van der Waals surface area contributed by atoms with Gasteiger partial charge in [-0.25, -0.2) is 9.37 Å². The van der Waals surface area contributed by atoms with Gasteiger partial charge in [-0.15, -0.1) is 0 Å². The maximum atomic E-state index is 14.0. The molecule has 1 heterocycles. The number of aliphatic carboxylic acids is 1. The third-order valence-electron chi connectivity index (χ3n) is 4.80. The van der Waals surface area contributed by atoms with E-state index in [4.69, 9.17) is 16.3 Å². The van der Waals surface area contributed by atoms with Crippen LogP contribution in [0.3, 0.4) is 0 Å².